The molecule has 484 valence electrons. The number of piperidine rings is 3. The number of hydrogen-bond acceptors (Lipinski definition) is 9. The van der Waals surface area contributed by atoms with E-state index in [2.05, 4.69) is 101 Å². The van der Waals surface area contributed by atoms with Gasteiger partial charge >= 0.3 is 18.1 Å². The number of amides is 6. The van der Waals surface area contributed by atoms with E-state index in [-0.39, 0.29) is 65.3 Å². The van der Waals surface area contributed by atoms with E-state index in [1.54, 1.807) is 41.5 Å². The monoisotopic (exact) mass is 1260 g/mol. The Kier molecular flexibility index (Phi) is 24.9. The molecule has 0 radical (unpaired) electrons. The second kappa shape index (κ2) is 31.8. The second-order valence-electron chi connectivity index (χ2n) is 26.1. The summed E-state index contributed by atoms with van der Waals surface area (Å²) in [5, 5.41) is 9.08. The highest BCUT2D eigenvalue weighted by Crippen LogP contribution is 2.37. The highest BCUT2D eigenvalue weighted by Gasteiger charge is 2.42. The van der Waals surface area contributed by atoms with Crippen LogP contribution < -0.4 is 16.0 Å². The maximum atomic E-state index is 12.7. The summed E-state index contributed by atoms with van der Waals surface area (Å²) in [6.45, 7) is 8.37. The Labute approximate surface area is 522 Å². The molecule has 6 amide bonds. The predicted octanol–water partition coefficient (Wildman–Crippen LogP) is 10.4. The minimum absolute atomic E-state index is 0.0170. The van der Waals surface area contributed by atoms with E-state index < -0.39 is 35.3 Å². The van der Waals surface area contributed by atoms with Crippen LogP contribution in [0.3, 0.4) is 0 Å². The molecule has 0 unspecified atom stereocenters. The Morgan fingerprint density at radius 2 is 0.713 bits per heavy atom. The van der Waals surface area contributed by atoms with E-state index in [4.69, 9.17) is 0 Å². The van der Waals surface area contributed by atoms with Crippen molar-refractivity contribution in [3.05, 3.63) is 108 Å². The lowest BCUT2D eigenvalue weighted by Crippen LogP contribution is -2.52. The zero-order valence-corrected chi connectivity index (χ0v) is 55.3. The first-order valence-electron chi connectivity index (χ1n) is 32.8. The van der Waals surface area contributed by atoms with Gasteiger partial charge in [0.25, 0.3) is 0 Å². The molecule has 21 heteroatoms. The Morgan fingerprint density at radius 3 is 0.989 bits per heavy atom. The summed E-state index contributed by atoms with van der Waals surface area (Å²) in [7, 11) is -3.92. The molecule has 7 fully saturated rings. The van der Waals surface area contributed by atoms with Crippen molar-refractivity contribution in [2.45, 2.75) is 220 Å². The SMILES string of the molecule is CC(C)S(=O)(=O)N1CCC(N(C)C(=O)NC2CCC(c3ccccc3)CC2)CC1.CCCS(=O)(=O)N1CCC(N(C)C(=O)NC2CCC(c3ccccc3)CC2)CC1.CN(C(=O)NC1CCC(c2ccccc2)CC1)C1CCN(S(=O)(=O)C2CC2)CC1. The normalized spacial score (nSPS) is 25.1. The van der Waals surface area contributed by atoms with E-state index in [0.717, 1.165) is 103 Å². The van der Waals surface area contributed by atoms with Gasteiger partial charge in [-0.2, -0.15) is 0 Å². The molecule has 3 aliphatic heterocycles. The molecule has 3 heterocycles. The van der Waals surface area contributed by atoms with Gasteiger partial charge in [0.05, 0.1) is 16.3 Å². The third-order valence-corrected chi connectivity index (χ3v) is 26.7. The van der Waals surface area contributed by atoms with Gasteiger partial charge in [-0.05, 0) is 183 Å². The fourth-order valence-corrected chi connectivity index (χ4v) is 18.7. The number of nitrogens with zero attached hydrogens (tertiary/aromatic N) is 6. The van der Waals surface area contributed by atoms with E-state index in [0.29, 0.717) is 89.1 Å². The second-order valence-corrected chi connectivity index (χ2v) is 32.9. The van der Waals surface area contributed by atoms with Gasteiger partial charge in [0.2, 0.25) is 30.1 Å². The van der Waals surface area contributed by atoms with Gasteiger partial charge in [0.1, 0.15) is 0 Å². The minimum Gasteiger partial charge on any atom is -0.335 e. The summed E-state index contributed by atoms with van der Waals surface area (Å²) in [4.78, 5) is 43.6. The summed E-state index contributed by atoms with van der Waals surface area (Å²) in [5.74, 6) is 1.99. The Hall–Kier alpha value is -4.80. The zero-order chi connectivity index (χ0) is 62.3. The number of benzene rings is 3. The van der Waals surface area contributed by atoms with Crippen LogP contribution in [0.5, 0.6) is 0 Å². The van der Waals surface area contributed by atoms with Crippen molar-refractivity contribution in [1.82, 2.24) is 43.6 Å². The minimum atomic E-state index is -3.21. The van der Waals surface area contributed by atoms with Crippen molar-refractivity contribution in [3.8, 4) is 0 Å². The van der Waals surface area contributed by atoms with Crippen molar-refractivity contribution in [2.24, 2.45) is 0 Å². The molecule has 87 heavy (non-hydrogen) atoms. The Morgan fingerprint density at radius 1 is 0.425 bits per heavy atom. The van der Waals surface area contributed by atoms with Gasteiger partial charge in [0, 0.05) is 96.7 Å². The van der Waals surface area contributed by atoms with Gasteiger partial charge in [-0.15, -0.1) is 0 Å². The lowest BCUT2D eigenvalue weighted by molar-refractivity contribution is 0.156. The van der Waals surface area contributed by atoms with E-state index in [9.17, 15) is 39.6 Å². The first-order valence-corrected chi connectivity index (χ1v) is 37.5. The maximum absolute atomic E-state index is 12.7. The van der Waals surface area contributed by atoms with Crippen LogP contribution in [0.1, 0.15) is 190 Å². The molecule has 4 saturated carbocycles. The van der Waals surface area contributed by atoms with Crippen LogP contribution in [0, 0.1) is 0 Å². The lowest BCUT2D eigenvalue weighted by Gasteiger charge is -2.38. The van der Waals surface area contributed by atoms with Crippen LogP contribution in [0.4, 0.5) is 14.4 Å². The fourth-order valence-electron chi connectivity index (χ4n) is 14.0. The molecule has 0 atom stereocenters. The van der Waals surface area contributed by atoms with Gasteiger partial charge < -0.3 is 30.7 Å². The number of carbonyl (C=O) groups excluding carboxylic acids is 3. The van der Waals surface area contributed by atoms with Gasteiger partial charge in [-0.25, -0.2) is 52.6 Å². The summed E-state index contributed by atoms with van der Waals surface area (Å²) in [6.07, 6.45) is 19.1. The quantitative estimate of drug-likeness (QED) is 0.124. The first kappa shape index (κ1) is 68.1. The summed E-state index contributed by atoms with van der Waals surface area (Å²) >= 11 is 0. The van der Waals surface area contributed by atoms with Gasteiger partial charge in [-0.1, -0.05) is 97.9 Å². The standard InChI is InChI=1S/C22H33N3O3S.2C22H35N3O3S/c1-24(20-13-15-25(16-14-20)29(27,28)21-11-12-21)22(26)23-19-9-7-18(8-10-19)17-5-3-2-4-6-17;1-17(2)29(27,28)25-15-13-21(14-16-25)24(3)22(26)23-20-11-9-19(10-12-20)18-7-5-4-6-8-18;1-3-17-29(27,28)25-15-13-21(14-16-25)24(2)22(26)23-20-11-9-19(10-12-20)18-7-5-4-6-8-18/h2-6,18-21H,7-16H2,1H3,(H,23,26);4-8,17,19-21H,9-16H2,1-3H3,(H,23,26);4-8,19-21H,3,9-17H2,1-2H3,(H,23,26). The number of nitrogens with one attached hydrogen (secondary N) is 3. The van der Waals surface area contributed by atoms with Crippen LogP contribution in [0.2, 0.25) is 0 Å². The van der Waals surface area contributed by atoms with Crippen molar-refractivity contribution >= 4 is 48.2 Å². The lowest BCUT2D eigenvalue weighted by atomic mass is 9.82. The molecule has 18 nitrogen and oxygen atoms in total. The highest BCUT2D eigenvalue weighted by atomic mass is 32.2. The van der Waals surface area contributed by atoms with Crippen molar-refractivity contribution in [2.75, 3.05) is 66.2 Å². The maximum Gasteiger partial charge on any atom is 0.317 e. The predicted molar refractivity (Wildman–Crippen MR) is 347 cm³/mol. The summed E-state index contributed by atoms with van der Waals surface area (Å²) in [6, 6.07) is 32.8. The van der Waals surface area contributed by atoms with Crippen molar-refractivity contribution in [3.63, 3.8) is 0 Å². The number of sulfonamides is 3. The smallest absolute Gasteiger partial charge is 0.317 e. The molecule has 0 spiro atoms. The Balaban J connectivity index is 0.000000169. The number of rotatable bonds is 16. The zero-order valence-electron chi connectivity index (χ0n) is 52.9. The van der Waals surface area contributed by atoms with Crippen LogP contribution in [-0.4, -0.2) is 184 Å². The average Bonchev–Trinajstić information content (AvgIpc) is 2.59. The first-order chi connectivity index (χ1) is 41.6. The van der Waals surface area contributed by atoms with Crippen LogP contribution >= 0.6 is 0 Å². The van der Waals surface area contributed by atoms with Crippen LogP contribution in [0.25, 0.3) is 0 Å². The highest BCUT2D eigenvalue weighted by molar-refractivity contribution is 7.90. The number of urea groups is 3. The van der Waals surface area contributed by atoms with Gasteiger partial charge in [-0.3, -0.25) is 0 Å². The Bertz CT molecular complexity index is 2820. The molecule has 10 rings (SSSR count). The average molecular weight is 1260 g/mol. The number of hydrogen-bond donors (Lipinski definition) is 3. The third kappa shape index (κ3) is 18.9. The fraction of sp³-hybridized carbons (Fsp3) is 0.682. The molecule has 3 saturated heterocycles. The van der Waals surface area contributed by atoms with E-state index in [1.807, 2.05) is 34.1 Å². The van der Waals surface area contributed by atoms with Crippen LogP contribution in [-0.2, 0) is 30.1 Å². The van der Waals surface area contributed by atoms with E-state index >= 15 is 0 Å². The molecule has 0 bridgehead atoms. The molecule has 7 aliphatic rings. The van der Waals surface area contributed by atoms with Crippen LogP contribution in [0.15, 0.2) is 91.0 Å². The largest absolute Gasteiger partial charge is 0.335 e. The van der Waals surface area contributed by atoms with Crippen molar-refractivity contribution < 1.29 is 39.6 Å². The summed E-state index contributed by atoms with van der Waals surface area (Å²) < 4.78 is 78.6. The molecule has 3 aromatic carbocycles. The topological polar surface area (TPSA) is 209 Å². The van der Waals surface area contributed by atoms with Crippen molar-refractivity contribution in [1.29, 1.82) is 0 Å². The number of carbonyl (C=O) groups is 3. The molecule has 3 N–H and O–H groups in total. The summed E-state index contributed by atoms with van der Waals surface area (Å²) in [5.41, 5.74) is 4.21. The molecular weight excluding hydrogens is 1160 g/mol. The molecule has 4 aliphatic carbocycles. The van der Waals surface area contributed by atoms with E-state index in [1.165, 1.54) is 16.7 Å². The molecule has 0 aromatic heterocycles. The molecular formula is C66H103N9O9S3. The molecule has 3 aromatic rings. The third-order valence-electron chi connectivity index (χ3n) is 20.0. The van der Waals surface area contributed by atoms with Gasteiger partial charge in [0.15, 0.2) is 0 Å².